The molecule has 1 aromatic rings. The Morgan fingerprint density at radius 3 is 1.23 bits per heavy atom. The smallest absolute Gasteiger partial charge is 0.199 e. The molecule has 0 aliphatic carbocycles. The van der Waals surface area contributed by atoms with Gasteiger partial charge in [-0.15, -0.1) is 0 Å². The molecule has 5 nitrogen and oxygen atoms in total. The Hall–Kier alpha value is -1.30. The second-order valence-electron chi connectivity index (χ2n) is 14.1. The van der Waals surface area contributed by atoms with E-state index in [1.807, 2.05) is 12.1 Å². The van der Waals surface area contributed by atoms with Gasteiger partial charge in [0, 0.05) is 6.42 Å². The SMILES string of the molecule is CCCCCCCN(CCCCCCC)CCCCOC(CCCN(CCCCCCC)CCCCCCC)Oc1ccc(O)cc1. The molecule has 0 aliphatic rings. The van der Waals surface area contributed by atoms with Gasteiger partial charge in [-0.1, -0.05) is 130 Å². The van der Waals surface area contributed by atoms with Gasteiger partial charge in [0.25, 0.3) is 0 Å². The minimum atomic E-state index is -0.247. The number of nitrogens with zero attached hydrogens (tertiary/aromatic N) is 2. The average Bonchev–Trinajstić information content (AvgIpc) is 3.07. The third-order valence-corrected chi connectivity index (χ3v) is 9.50. The lowest BCUT2D eigenvalue weighted by Crippen LogP contribution is -2.29. The molecule has 276 valence electrons. The molecule has 1 atom stereocenters. The van der Waals surface area contributed by atoms with Gasteiger partial charge >= 0.3 is 0 Å². The number of ether oxygens (including phenoxy) is 2. The summed E-state index contributed by atoms with van der Waals surface area (Å²) in [6, 6.07) is 7.10. The third kappa shape index (κ3) is 27.2. The predicted molar refractivity (Wildman–Crippen MR) is 205 cm³/mol. The lowest BCUT2D eigenvalue weighted by molar-refractivity contribution is -0.0873. The highest BCUT2D eigenvalue weighted by Gasteiger charge is 2.14. The zero-order chi connectivity index (χ0) is 34.0. The van der Waals surface area contributed by atoms with E-state index in [2.05, 4.69) is 37.5 Å². The molecule has 5 heteroatoms. The standard InChI is InChI=1S/C42H80N2O3/c1-5-9-13-17-21-33-43(34-22-18-14-10-6-2)37-25-26-39-46-42(47-41-31-29-40(45)30-32-41)28-27-38-44(35-23-19-15-11-7-3)36-24-20-16-12-8-4/h29-32,42,45H,5-28,33-39H2,1-4H3. The number of hydrogen-bond donors (Lipinski definition) is 1. The first-order chi connectivity index (χ1) is 23.1. The van der Waals surface area contributed by atoms with Crippen molar-refractivity contribution in [2.24, 2.45) is 0 Å². The van der Waals surface area contributed by atoms with Gasteiger partial charge in [0.05, 0.1) is 6.61 Å². The maximum atomic E-state index is 9.76. The van der Waals surface area contributed by atoms with Crippen LogP contribution in [0.1, 0.15) is 182 Å². The van der Waals surface area contributed by atoms with Crippen LogP contribution in [0, 0.1) is 0 Å². The van der Waals surface area contributed by atoms with Crippen LogP contribution in [0.15, 0.2) is 24.3 Å². The third-order valence-electron chi connectivity index (χ3n) is 9.50. The number of phenols is 1. The highest BCUT2D eigenvalue weighted by Crippen LogP contribution is 2.20. The van der Waals surface area contributed by atoms with Crippen molar-refractivity contribution < 1.29 is 14.6 Å². The van der Waals surface area contributed by atoms with E-state index in [4.69, 9.17) is 9.47 Å². The van der Waals surface area contributed by atoms with Gasteiger partial charge in [0.2, 0.25) is 0 Å². The first-order valence-corrected chi connectivity index (χ1v) is 20.6. The predicted octanol–water partition coefficient (Wildman–Crippen LogP) is 12.2. The highest BCUT2D eigenvalue weighted by atomic mass is 16.7. The summed E-state index contributed by atoms with van der Waals surface area (Å²) in [5, 5.41) is 9.76. The Kier molecular flexibility index (Phi) is 30.9. The topological polar surface area (TPSA) is 45.2 Å². The number of hydrogen-bond acceptors (Lipinski definition) is 5. The zero-order valence-corrected chi connectivity index (χ0v) is 32.0. The Bertz CT molecular complexity index is 731. The normalized spacial score (nSPS) is 12.4. The van der Waals surface area contributed by atoms with Crippen LogP contribution in [-0.2, 0) is 4.74 Å². The molecule has 1 N–H and O–H groups in total. The summed E-state index contributed by atoms with van der Waals surface area (Å²) >= 11 is 0. The van der Waals surface area contributed by atoms with Gasteiger partial charge in [-0.3, -0.25) is 0 Å². The lowest BCUT2D eigenvalue weighted by Gasteiger charge is -2.25. The highest BCUT2D eigenvalue weighted by molar-refractivity contribution is 5.30. The molecule has 0 saturated carbocycles. The average molecular weight is 661 g/mol. The summed E-state index contributed by atoms with van der Waals surface area (Å²) < 4.78 is 12.8. The van der Waals surface area contributed by atoms with E-state index in [9.17, 15) is 5.11 Å². The fourth-order valence-electron chi connectivity index (χ4n) is 6.41. The van der Waals surface area contributed by atoms with Crippen molar-refractivity contribution in [3.63, 3.8) is 0 Å². The molecule has 0 radical (unpaired) electrons. The van der Waals surface area contributed by atoms with Crippen LogP contribution in [0.5, 0.6) is 11.5 Å². The number of benzene rings is 1. The van der Waals surface area contributed by atoms with Crippen LogP contribution < -0.4 is 4.74 Å². The van der Waals surface area contributed by atoms with Crippen molar-refractivity contribution in [1.82, 2.24) is 9.80 Å². The summed E-state index contributed by atoms with van der Waals surface area (Å²) in [5.74, 6) is 1.04. The Morgan fingerprint density at radius 2 is 0.830 bits per heavy atom. The van der Waals surface area contributed by atoms with E-state index in [-0.39, 0.29) is 12.0 Å². The van der Waals surface area contributed by atoms with Gasteiger partial charge < -0.3 is 24.4 Å². The molecular weight excluding hydrogens is 580 g/mol. The minimum Gasteiger partial charge on any atom is -0.508 e. The first kappa shape index (κ1) is 43.7. The van der Waals surface area contributed by atoms with E-state index in [0.717, 1.165) is 38.2 Å². The second kappa shape index (κ2) is 33.2. The minimum absolute atomic E-state index is 0.247. The van der Waals surface area contributed by atoms with Crippen molar-refractivity contribution in [3.8, 4) is 11.5 Å². The van der Waals surface area contributed by atoms with Gasteiger partial charge in [0.15, 0.2) is 6.29 Å². The van der Waals surface area contributed by atoms with Crippen molar-refractivity contribution in [1.29, 1.82) is 0 Å². The quantitative estimate of drug-likeness (QED) is 0.0573. The molecular formula is C42H80N2O3. The van der Waals surface area contributed by atoms with Crippen molar-refractivity contribution in [3.05, 3.63) is 24.3 Å². The van der Waals surface area contributed by atoms with Gasteiger partial charge in [-0.2, -0.15) is 0 Å². The molecule has 1 rings (SSSR count). The number of aromatic hydroxyl groups is 1. The maximum absolute atomic E-state index is 9.76. The molecule has 0 aliphatic heterocycles. The van der Waals surface area contributed by atoms with Crippen LogP contribution in [0.4, 0.5) is 0 Å². The number of phenolic OH excluding ortho intramolecular Hbond substituents is 1. The van der Waals surface area contributed by atoms with E-state index in [1.54, 1.807) is 12.1 Å². The van der Waals surface area contributed by atoms with Crippen LogP contribution in [-0.4, -0.2) is 67.1 Å². The second-order valence-corrected chi connectivity index (χ2v) is 14.1. The van der Waals surface area contributed by atoms with Gasteiger partial charge in [-0.05, 0) is 108 Å². The molecule has 47 heavy (non-hydrogen) atoms. The Morgan fingerprint density at radius 1 is 0.468 bits per heavy atom. The molecule has 1 aromatic carbocycles. The van der Waals surface area contributed by atoms with E-state index in [1.165, 1.54) is 168 Å². The fourth-order valence-corrected chi connectivity index (χ4v) is 6.41. The first-order valence-electron chi connectivity index (χ1n) is 20.6. The van der Waals surface area contributed by atoms with Crippen LogP contribution in [0.25, 0.3) is 0 Å². The summed E-state index contributed by atoms with van der Waals surface area (Å²) in [6.45, 7) is 17.2. The van der Waals surface area contributed by atoms with Crippen molar-refractivity contribution >= 4 is 0 Å². The van der Waals surface area contributed by atoms with E-state index < -0.39 is 0 Å². The molecule has 0 aromatic heterocycles. The van der Waals surface area contributed by atoms with Gasteiger partial charge in [-0.25, -0.2) is 0 Å². The number of rotatable bonds is 36. The van der Waals surface area contributed by atoms with E-state index >= 15 is 0 Å². The van der Waals surface area contributed by atoms with Crippen LogP contribution >= 0.6 is 0 Å². The molecule has 0 amide bonds. The number of unbranched alkanes of at least 4 members (excludes halogenated alkanes) is 17. The van der Waals surface area contributed by atoms with Crippen LogP contribution in [0.2, 0.25) is 0 Å². The summed E-state index contributed by atoms with van der Waals surface area (Å²) in [6.07, 6.45) is 30.9. The summed E-state index contributed by atoms with van der Waals surface area (Å²) in [5.41, 5.74) is 0. The maximum Gasteiger partial charge on any atom is 0.199 e. The molecule has 0 saturated heterocycles. The molecule has 0 spiro atoms. The largest absolute Gasteiger partial charge is 0.508 e. The molecule has 0 heterocycles. The monoisotopic (exact) mass is 661 g/mol. The summed E-state index contributed by atoms with van der Waals surface area (Å²) in [7, 11) is 0. The Labute approximate surface area is 293 Å². The van der Waals surface area contributed by atoms with Crippen molar-refractivity contribution in [2.75, 3.05) is 45.9 Å². The van der Waals surface area contributed by atoms with E-state index in [0.29, 0.717) is 0 Å². The fraction of sp³-hybridized carbons (Fsp3) is 0.857. The zero-order valence-electron chi connectivity index (χ0n) is 32.0. The van der Waals surface area contributed by atoms with Crippen LogP contribution in [0.3, 0.4) is 0 Å². The summed E-state index contributed by atoms with van der Waals surface area (Å²) in [4.78, 5) is 5.43. The molecule has 0 bridgehead atoms. The molecule has 1 unspecified atom stereocenters. The lowest BCUT2D eigenvalue weighted by atomic mass is 10.1. The van der Waals surface area contributed by atoms with Crippen molar-refractivity contribution in [2.45, 2.75) is 188 Å². The Balaban J connectivity index is 2.59. The molecule has 0 fully saturated rings. The van der Waals surface area contributed by atoms with Gasteiger partial charge in [0.1, 0.15) is 11.5 Å².